The lowest BCUT2D eigenvalue weighted by Crippen LogP contribution is -2.27. The predicted octanol–water partition coefficient (Wildman–Crippen LogP) is 2.98. The molecule has 1 amide bonds. The third-order valence-corrected chi connectivity index (χ3v) is 4.32. The molecule has 2 aromatic heterocycles. The fraction of sp³-hybridized carbons (Fsp3) is 0.222. The Morgan fingerprint density at radius 3 is 2.68 bits per heavy atom. The first-order chi connectivity index (χ1) is 12.0. The number of carbonyl (C=O) groups excluding carboxylic acids is 1. The molecule has 0 unspecified atom stereocenters. The molecule has 0 fully saturated rings. The van der Waals surface area contributed by atoms with Crippen LogP contribution in [-0.2, 0) is 4.79 Å². The van der Waals surface area contributed by atoms with E-state index in [2.05, 4.69) is 20.3 Å². The zero-order valence-corrected chi connectivity index (χ0v) is 15.2. The number of carbonyl (C=O) groups is 1. The first-order valence-corrected chi connectivity index (χ1v) is 8.65. The molecule has 0 aliphatic carbocycles. The van der Waals surface area contributed by atoms with Gasteiger partial charge in [0.2, 0.25) is 5.91 Å². The lowest BCUT2D eigenvalue weighted by Gasteiger charge is -2.12. The van der Waals surface area contributed by atoms with Crippen molar-refractivity contribution in [2.75, 3.05) is 26.0 Å². The summed E-state index contributed by atoms with van der Waals surface area (Å²) in [7, 11) is 3.70. The van der Waals surface area contributed by atoms with Crippen molar-refractivity contribution in [3.05, 3.63) is 48.3 Å². The number of benzene rings is 1. The standard InChI is InChI=1S/C18H19N5OS/c1-12-14(21-16(24)11-23(2)3)9-15-18(20-12)22-17(10-19-15)25-13-7-5-4-6-8-13/h4-10H,11H2,1-3H3,(H,21,24). The van der Waals surface area contributed by atoms with Gasteiger partial charge in [-0.25, -0.2) is 15.0 Å². The molecule has 0 radical (unpaired) electrons. The normalized spacial score (nSPS) is 11.0. The van der Waals surface area contributed by atoms with Crippen LogP contribution in [0.1, 0.15) is 5.69 Å². The number of aryl methyl sites for hydroxylation is 1. The minimum atomic E-state index is -0.0848. The summed E-state index contributed by atoms with van der Waals surface area (Å²) in [6, 6.07) is 11.8. The van der Waals surface area contributed by atoms with Crippen LogP contribution in [0.4, 0.5) is 5.69 Å². The summed E-state index contributed by atoms with van der Waals surface area (Å²) in [6.45, 7) is 2.17. The van der Waals surface area contributed by atoms with E-state index in [4.69, 9.17) is 0 Å². The number of hydrogen-bond donors (Lipinski definition) is 1. The van der Waals surface area contributed by atoms with E-state index in [0.717, 1.165) is 15.6 Å². The van der Waals surface area contributed by atoms with Gasteiger partial charge in [0.05, 0.1) is 24.1 Å². The van der Waals surface area contributed by atoms with Crippen LogP contribution < -0.4 is 5.32 Å². The highest BCUT2D eigenvalue weighted by atomic mass is 32.2. The Kier molecular flexibility index (Phi) is 5.25. The van der Waals surface area contributed by atoms with Gasteiger partial charge in [0.25, 0.3) is 0 Å². The summed E-state index contributed by atoms with van der Waals surface area (Å²) < 4.78 is 0. The molecule has 0 atom stereocenters. The van der Waals surface area contributed by atoms with Crippen molar-refractivity contribution in [1.82, 2.24) is 19.9 Å². The van der Waals surface area contributed by atoms with Gasteiger partial charge in [-0.1, -0.05) is 30.0 Å². The Balaban J connectivity index is 1.84. The van der Waals surface area contributed by atoms with Crippen LogP contribution in [0.15, 0.2) is 52.5 Å². The third-order valence-electron chi connectivity index (χ3n) is 3.40. The molecule has 25 heavy (non-hydrogen) atoms. The topological polar surface area (TPSA) is 71.0 Å². The summed E-state index contributed by atoms with van der Waals surface area (Å²) in [6.07, 6.45) is 1.72. The second-order valence-corrected chi connectivity index (χ2v) is 6.97. The maximum absolute atomic E-state index is 11.9. The molecule has 6 nitrogen and oxygen atoms in total. The fourth-order valence-electron chi connectivity index (χ4n) is 2.28. The molecule has 0 spiro atoms. The van der Waals surface area contributed by atoms with Crippen molar-refractivity contribution in [3.8, 4) is 0 Å². The average Bonchev–Trinajstić information content (AvgIpc) is 2.56. The summed E-state index contributed by atoms with van der Waals surface area (Å²) >= 11 is 1.54. The van der Waals surface area contributed by atoms with Crippen LogP contribution in [0, 0.1) is 6.92 Å². The number of rotatable bonds is 5. The number of nitrogens with zero attached hydrogens (tertiary/aromatic N) is 4. The Morgan fingerprint density at radius 2 is 1.96 bits per heavy atom. The van der Waals surface area contributed by atoms with E-state index in [-0.39, 0.29) is 5.91 Å². The summed E-state index contributed by atoms with van der Waals surface area (Å²) in [5, 5.41) is 3.66. The van der Waals surface area contributed by atoms with E-state index in [0.29, 0.717) is 23.4 Å². The second-order valence-electron chi connectivity index (χ2n) is 5.87. The van der Waals surface area contributed by atoms with Crippen LogP contribution in [0.25, 0.3) is 11.2 Å². The second kappa shape index (κ2) is 7.58. The average molecular weight is 353 g/mol. The number of fused-ring (bicyclic) bond motifs is 1. The first-order valence-electron chi connectivity index (χ1n) is 7.83. The Bertz CT molecular complexity index is 899. The molecule has 3 rings (SSSR count). The van der Waals surface area contributed by atoms with Gasteiger partial charge in [-0.2, -0.15) is 0 Å². The van der Waals surface area contributed by atoms with E-state index < -0.39 is 0 Å². The largest absolute Gasteiger partial charge is 0.323 e. The van der Waals surface area contributed by atoms with E-state index in [9.17, 15) is 4.79 Å². The molecular weight excluding hydrogens is 334 g/mol. The van der Waals surface area contributed by atoms with Crippen molar-refractivity contribution in [2.24, 2.45) is 0 Å². The molecule has 0 aliphatic heterocycles. The molecule has 0 saturated heterocycles. The molecule has 0 aliphatic rings. The van der Waals surface area contributed by atoms with Gasteiger partial charge in [0, 0.05) is 4.90 Å². The monoisotopic (exact) mass is 353 g/mol. The fourth-order valence-corrected chi connectivity index (χ4v) is 3.05. The van der Waals surface area contributed by atoms with Crippen LogP contribution in [-0.4, -0.2) is 46.4 Å². The van der Waals surface area contributed by atoms with Crippen molar-refractivity contribution >= 4 is 34.5 Å². The zero-order valence-electron chi connectivity index (χ0n) is 14.4. The van der Waals surface area contributed by atoms with Crippen molar-refractivity contribution in [3.63, 3.8) is 0 Å². The number of hydrogen-bond acceptors (Lipinski definition) is 6. The lowest BCUT2D eigenvalue weighted by atomic mass is 10.3. The molecule has 0 saturated carbocycles. The van der Waals surface area contributed by atoms with Gasteiger partial charge < -0.3 is 10.2 Å². The highest BCUT2D eigenvalue weighted by Crippen LogP contribution is 2.27. The highest BCUT2D eigenvalue weighted by molar-refractivity contribution is 7.99. The van der Waals surface area contributed by atoms with E-state index in [1.54, 1.807) is 18.0 Å². The molecular formula is C18H19N5OS. The Hall–Kier alpha value is -2.51. The van der Waals surface area contributed by atoms with Crippen molar-refractivity contribution < 1.29 is 4.79 Å². The van der Waals surface area contributed by atoms with Gasteiger partial charge in [0.1, 0.15) is 10.5 Å². The minimum Gasteiger partial charge on any atom is -0.323 e. The van der Waals surface area contributed by atoms with Gasteiger partial charge in [-0.05, 0) is 39.2 Å². The first kappa shape index (κ1) is 17.3. The molecule has 2 heterocycles. The van der Waals surface area contributed by atoms with Crippen LogP contribution in [0.2, 0.25) is 0 Å². The number of nitrogens with one attached hydrogen (secondary N) is 1. The van der Waals surface area contributed by atoms with Gasteiger partial charge in [-0.15, -0.1) is 0 Å². The maximum Gasteiger partial charge on any atom is 0.238 e. The van der Waals surface area contributed by atoms with Crippen molar-refractivity contribution in [2.45, 2.75) is 16.8 Å². The minimum absolute atomic E-state index is 0.0848. The number of pyridine rings is 1. The number of anilines is 1. The molecule has 128 valence electrons. The summed E-state index contributed by atoms with van der Waals surface area (Å²) in [5.41, 5.74) is 2.61. The predicted molar refractivity (Wildman–Crippen MR) is 99.8 cm³/mol. The highest BCUT2D eigenvalue weighted by Gasteiger charge is 2.10. The SMILES string of the molecule is Cc1nc2nc(Sc3ccccc3)cnc2cc1NC(=O)CN(C)C. The smallest absolute Gasteiger partial charge is 0.238 e. The number of amides is 1. The van der Waals surface area contributed by atoms with E-state index in [1.807, 2.05) is 62.3 Å². The van der Waals surface area contributed by atoms with Gasteiger partial charge >= 0.3 is 0 Å². The van der Waals surface area contributed by atoms with E-state index >= 15 is 0 Å². The number of likely N-dealkylation sites (N-methyl/N-ethyl adjacent to an activating group) is 1. The molecule has 3 aromatic rings. The Labute approximate surface area is 150 Å². The third kappa shape index (κ3) is 4.52. The van der Waals surface area contributed by atoms with Gasteiger partial charge in [-0.3, -0.25) is 4.79 Å². The van der Waals surface area contributed by atoms with Gasteiger partial charge in [0.15, 0.2) is 5.65 Å². The van der Waals surface area contributed by atoms with Crippen LogP contribution >= 0.6 is 11.8 Å². The summed E-state index contributed by atoms with van der Waals surface area (Å²) in [5.74, 6) is -0.0848. The molecule has 1 N–H and O–H groups in total. The zero-order chi connectivity index (χ0) is 17.8. The van der Waals surface area contributed by atoms with Crippen LogP contribution in [0.3, 0.4) is 0 Å². The molecule has 0 bridgehead atoms. The number of aromatic nitrogens is 3. The Morgan fingerprint density at radius 1 is 1.20 bits per heavy atom. The maximum atomic E-state index is 11.9. The van der Waals surface area contributed by atoms with Crippen molar-refractivity contribution in [1.29, 1.82) is 0 Å². The molecule has 7 heteroatoms. The van der Waals surface area contributed by atoms with Crippen LogP contribution in [0.5, 0.6) is 0 Å². The summed E-state index contributed by atoms with van der Waals surface area (Å²) in [4.78, 5) is 28.4. The quantitative estimate of drug-likeness (QED) is 0.760. The lowest BCUT2D eigenvalue weighted by molar-refractivity contribution is -0.116. The van der Waals surface area contributed by atoms with E-state index in [1.165, 1.54) is 0 Å². The molecule has 1 aromatic carbocycles.